The minimum atomic E-state index is -4.59. The Morgan fingerprint density at radius 1 is 0.829 bits per heavy atom. The quantitative estimate of drug-likeness (QED) is 0.0888. The van der Waals surface area contributed by atoms with Gasteiger partial charge in [-0.25, -0.2) is 4.79 Å². The molecule has 1 heterocycles. The Kier molecular flexibility index (Phi) is 12.5. The first-order valence-corrected chi connectivity index (χ1v) is 17.3. The number of hydrogen-bond donors (Lipinski definition) is 0. The molecule has 0 aliphatic heterocycles. The van der Waals surface area contributed by atoms with Crippen LogP contribution in [0.4, 0.5) is 13.2 Å². The number of ether oxygens (including phenoxy) is 1. The van der Waals surface area contributed by atoms with Gasteiger partial charge in [-0.2, -0.15) is 13.2 Å². The van der Waals surface area contributed by atoms with Crippen molar-refractivity contribution in [3.05, 3.63) is 64.0 Å². The summed E-state index contributed by atoms with van der Waals surface area (Å²) in [7, 11) is -2.07. The number of hydrogen-bond acceptors (Lipinski definition) is 5. The van der Waals surface area contributed by atoms with E-state index in [0.717, 1.165) is 57.1 Å². The average Bonchev–Trinajstić information content (AvgIpc) is 2.92. The molecule has 0 saturated heterocycles. The molecule has 5 nitrogen and oxygen atoms in total. The molecular weight excluding hydrogens is 549 g/mol. The minimum absolute atomic E-state index is 0.105. The fourth-order valence-corrected chi connectivity index (χ4v) is 7.54. The minimum Gasteiger partial charge on any atom is -0.493 e. The summed E-state index contributed by atoms with van der Waals surface area (Å²) in [6.07, 6.45) is 2.71. The lowest BCUT2D eigenvalue weighted by molar-refractivity contribution is -0.137. The Morgan fingerprint density at radius 2 is 1.56 bits per heavy atom. The maximum atomic E-state index is 14.0. The Balaban J connectivity index is 1.63. The lowest BCUT2D eigenvalue weighted by atomic mass is 9.95. The van der Waals surface area contributed by atoms with Crippen molar-refractivity contribution in [2.24, 2.45) is 0 Å². The molecule has 0 amide bonds. The fourth-order valence-electron chi connectivity index (χ4n) is 5.05. The van der Waals surface area contributed by atoms with Crippen LogP contribution in [-0.4, -0.2) is 28.4 Å². The normalized spacial score (nSPS) is 12.3. The van der Waals surface area contributed by atoms with Crippen LogP contribution in [0.25, 0.3) is 22.1 Å². The molecule has 0 radical (unpaired) electrons. The van der Waals surface area contributed by atoms with Crippen LogP contribution in [0.1, 0.15) is 76.8 Å². The third kappa shape index (κ3) is 9.72. The summed E-state index contributed by atoms with van der Waals surface area (Å²) in [6, 6.07) is 11.7. The first kappa shape index (κ1) is 32.9. The second-order valence-corrected chi connectivity index (χ2v) is 13.8. The SMILES string of the molecule is CCCCCc1ccc(-c2cc3ccc(OCCCCCC[Si](C)(OCC)OCC)cc3oc2=O)c(C(F)(F)F)c1. The van der Waals surface area contributed by atoms with E-state index < -0.39 is 25.9 Å². The molecular formula is C32H43F3O5Si. The lowest BCUT2D eigenvalue weighted by Gasteiger charge is -2.25. The Hall–Kier alpha value is -2.62. The van der Waals surface area contributed by atoms with Crippen molar-refractivity contribution in [2.45, 2.75) is 90.9 Å². The number of benzene rings is 2. The van der Waals surface area contributed by atoms with Gasteiger partial charge in [0.1, 0.15) is 11.3 Å². The second kappa shape index (κ2) is 15.6. The smallest absolute Gasteiger partial charge is 0.417 e. The van der Waals surface area contributed by atoms with Crippen LogP contribution in [0, 0.1) is 0 Å². The summed E-state index contributed by atoms with van der Waals surface area (Å²) in [5.74, 6) is 0.550. The highest BCUT2D eigenvalue weighted by Crippen LogP contribution is 2.38. The van der Waals surface area contributed by atoms with Gasteiger partial charge in [-0.15, -0.1) is 0 Å². The summed E-state index contributed by atoms with van der Waals surface area (Å²) in [5, 5.41) is 0.530. The standard InChI is InChI=1S/C32H43F3O5Si/c1-5-8-11-14-24-15-18-27(29(21-24)32(33,34)35)28-22-25-16-17-26(23-30(25)40-31(28)36)37-19-12-9-10-13-20-41(4,38-6-2)39-7-3/h15-18,21-23H,5-14,19-20H2,1-4H3. The molecule has 1 aromatic heterocycles. The maximum absolute atomic E-state index is 14.0. The van der Waals surface area contributed by atoms with Crippen LogP contribution < -0.4 is 10.4 Å². The van der Waals surface area contributed by atoms with Crippen molar-refractivity contribution >= 4 is 19.5 Å². The number of alkyl halides is 3. The van der Waals surface area contributed by atoms with Crippen molar-refractivity contribution in [1.29, 1.82) is 0 Å². The number of halogens is 3. The number of fused-ring (bicyclic) bond motifs is 1. The van der Waals surface area contributed by atoms with Gasteiger partial charge < -0.3 is 18.0 Å². The van der Waals surface area contributed by atoms with Gasteiger partial charge in [0.2, 0.25) is 0 Å². The van der Waals surface area contributed by atoms with Crippen LogP contribution >= 0.6 is 0 Å². The lowest BCUT2D eigenvalue weighted by Crippen LogP contribution is -2.38. The summed E-state index contributed by atoms with van der Waals surface area (Å²) in [6.45, 7) is 10.0. The summed E-state index contributed by atoms with van der Waals surface area (Å²) < 4.78 is 65.0. The fraction of sp³-hybridized carbons (Fsp3) is 0.531. The zero-order chi connectivity index (χ0) is 29.9. The average molecular weight is 593 g/mol. The molecule has 0 saturated carbocycles. The van der Waals surface area contributed by atoms with E-state index in [-0.39, 0.29) is 16.7 Å². The number of unbranched alkanes of at least 4 members (excludes halogenated alkanes) is 5. The molecule has 226 valence electrons. The zero-order valence-electron chi connectivity index (χ0n) is 24.7. The summed E-state index contributed by atoms with van der Waals surface area (Å²) in [4.78, 5) is 12.8. The molecule has 0 spiro atoms. The van der Waals surface area contributed by atoms with E-state index in [1.54, 1.807) is 24.3 Å². The van der Waals surface area contributed by atoms with Gasteiger partial charge >= 0.3 is 20.4 Å². The van der Waals surface area contributed by atoms with Crippen LogP contribution in [-0.2, 0) is 21.4 Å². The summed E-state index contributed by atoms with van der Waals surface area (Å²) >= 11 is 0. The molecule has 0 aliphatic carbocycles. The molecule has 3 aromatic rings. The molecule has 9 heteroatoms. The molecule has 0 unspecified atom stereocenters. The summed E-state index contributed by atoms with van der Waals surface area (Å²) in [5.41, 5.74) is -1.02. The molecule has 0 aliphatic rings. The molecule has 3 rings (SSSR count). The number of rotatable bonds is 17. The van der Waals surface area contributed by atoms with Gasteiger partial charge in [0.05, 0.1) is 17.7 Å². The van der Waals surface area contributed by atoms with E-state index >= 15 is 0 Å². The van der Waals surface area contributed by atoms with Crippen molar-refractivity contribution in [2.75, 3.05) is 19.8 Å². The van der Waals surface area contributed by atoms with Gasteiger partial charge in [0.25, 0.3) is 0 Å². The topological polar surface area (TPSA) is 57.9 Å². The van der Waals surface area contributed by atoms with Gasteiger partial charge in [-0.3, -0.25) is 0 Å². The molecule has 0 atom stereocenters. The van der Waals surface area contributed by atoms with E-state index in [0.29, 0.717) is 42.9 Å². The molecule has 2 aromatic carbocycles. The van der Waals surface area contributed by atoms with E-state index in [4.69, 9.17) is 18.0 Å². The first-order valence-electron chi connectivity index (χ1n) is 14.8. The van der Waals surface area contributed by atoms with E-state index in [1.807, 2.05) is 20.8 Å². The van der Waals surface area contributed by atoms with E-state index in [9.17, 15) is 18.0 Å². The van der Waals surface area contributed by atoms with Crippen LogP contribution in [0.5, 0.6) is 5.75 Å². The Bertz CT molecular complexity index is 1300. The van der Waals surface area contributed by atoms with Crippen molar-refractivity contribution in [3.8, 4) is 16.9 Å². The predicted molar refractivity (Wildman–Crippen MR) is 160 cm³/mol. The Labute approximate surface area is 242 Å². The third-order valence-corrected chi connectivity index (χ3v) is 10.2. The zero-order valence-corrected chi connectivity index (χ0v) is 25.7. The highest BCUT2D eigenvalue weighted by Gasteiger charge is 2.35. The largest absolute Gasteiger partial charge is 0.493 e. The molecule has 0 fully saturated rings. The van der Waals surface area contributed by atoms with Gasteiger partial charge in [0, 0.05) is 30.2 Å². The van der Waals surface area contributed by atoms with Gasteiger partial charge in [-0.05, 0) is 75.5 Å². The first-order chi connectivity index (χ1) is 19.6. The van der Waals surface area contributed by atoms with Crippen LogP contribution in [0.3, 0.4) is 0 Å². The molecule has 0 N–H and O–H groups in total. The monoisotopic (exact) mass is 592 g/mol. The van der Waals surface area contributed by atoms with Crippen molar-refractivity contribution in [3.63, 3.8) is 0 Å². The van der Waals surface area contributed by atoms with E-state index in [2.05, 4.69) is 6.55 Å². The molecule has 0 bridgehead atoms. The van der Waals surface area contributed by atoms with Gasteiger partial charge in [-0.1, -0.05) is 51.2 Å². The van der Waals surface area contributed by atoms with Crippen LogP contribution in [0.2, 0.25) is 12.6 Å². The highest BCUT2D eigenvalue weighted by atomic mass is 28.4. The third-order valence-electron chi connectivity index (χ3n) is 7.15. The Morgan fingerprint density at radius 3 is 2.24 bits per heavy atom. The predicted octanol–water partition coefficient (Wildman–Crippen LogP) is 9.30. The highest BCUT2D eigenvalue weighted by molar-refractivity contribution is 6.66. The molecule has 41 heavy (non-hydrogen) atoms. The van der Waals surface area contributed by atoms with Crippen LogP contribution in [0.15, 0.2) is 51.7 Å². The van der Waals surface area contributed by atoms with E-state index in [1.165, 1.54) is 12.1 Å². The maximum Gasteiger partial charge on any atom is 0.417 e. The van der Waals surface area contributed by atoms with Gasteiger partial charge in [0.15, 0.2) is 0 Å². The van der Waals surface area contributed by atoms with Crippen molar-refractivity contribution in [1.82, 2.24) is 0 Å². The van der Waals surface area contributed by atoms with Crippen molar-refractivity contribution < 1.29 is 31.2 Å². The number of aryl methyl sites for hydroxylation is 1. The second-order valence-electron chi connectivity index (χ2n) is 10.5.